The number of aryl methyl sites for hydroxylation is 3. The molecule has 0 saturated carbocycles. The molecule has 1 fully saturated rings. The van der Waals surface area contributed by atoms with Gasteiger partial charge in [0.05, 0.1) is 11.1 Å². The molecule has 0 unspecified atom stereocenters. The summed E-state index contributed by atoms with van der Waals surface area (Å²) >= 11 is 1.51. The molecule has 1 amide bonds. The molecule has 0 aliphatic carbocycles. The normalized spacial score (nSPS) is 14.7. The lowest BCUT2D eigenvalue weighted by Gasteiger charge is -2.34. The molecule has 1 aliphatic heterocycles. The molecular weight excluding hydrogens is 408 g/mol. The Hall–Kier alpha value is -2.64. The largest absolute Gasteiger partial charge is 0.489 e. The summed E-state index contributed by atoms with van der Waals surface area (Å²) in [5.74, 6) is 0.998. The van der Waals surface area contributed by atoms with Crippen molar-refractivity contribution in [3.8, 4) is 5.75 Å². The number of aromatic nitrogens is 2. The van der Waals surface area contributed by atoms with E-state index in [0.29, 0.717) is 6.61 Å². The fraction of sp³-hybridized carbons (Fsp3) is 0.417. The summed E-state index contributed by atoms with van der Waals surface area (Å²) in [6.07, 6.45) is 4.04. The average Bonchev–Trinajstić information content (AvgIpc) is 3.41. The van der Waals surface area contributed by atoms with Gasteiger partial charge in [0.1, 0.15) is 12.4 Å². The molecule has 6 nitrogen and oxygen atoms in total. The highest BCUT2D eigenvalue weighted by atomic mass is 32.1. The molecule has 3 heterocycles. The van der Waals surface area contributed by atoms with Gasteiger partial charge in [0, 0.05) is 56.6 Å². The number of benzene rings is 1. The van der Waals surface area contributed by atoms with Gasteiger partial charge < -0.3 is 9.64 Å². The highest BCUT2D eigenvalue weighted by molar-refractivity contribution is 7.12. The molecule has 164 valence electrons. The topological polar surface area (TPSA) is 50.6 Å². The fourth-order valence-corrected chi connectivity index (χ4v) is 4.79. The van der Waals surface area contributed by atoms with Crippen molar-refractivity contribution in [3.63, 3.8) is 0 Å². The lowest BCUT2D eigenvalue weighted by Crippen LogP contribution is -2.48. The first-order valence-electron chi connectivity index (χ1n) is 10.8. The molecule has 0 spiro atoms. The molecule has 7 heteroatoms. The second kappa shape index (κ2) is 9.66. The number of rotatable bonds is 7. The highest BCUT2D eigenvalue weighted by Gasteiger charge is 2.23. The number of carbonyl (C=O) groups is 1. The Labute approximate surface area is 188 Å². The van der Waals surface area contributed by atoms with Gasteiger partial charge in [-0.3, -0.25) is 14.4 Å². The van der Waals surface area contributed by atoms with Gasteiger partial charge in [0.2, 0.25) is 0 Å². The Kier molecular flexibility index (Phi) is 6.73. The summed E-state index contributed by atoms with van der Waals surface area (Å²) in [6.45, 7) is 11.8. The van der Waals surface area contributed by atoms with E-state index in [1.807, 2.05) is 39.4 Å². The number of hydrogen-bond donors (Lipinski definition) is 0. The first-order chi connectivity index (χ1) is 15.0. The number of hydrogen-bond acceptors (Lipinski definition) is 5. The Morgan fingerprint density at radius 2 is 1.81 bits per heavy atom. The first-order valence-corrected chi connectivity index (χ1v) is 11.7. The molecule has 1 aliphatic rings. The number of nitrogens with zero attached hydrogens (tertiary/aromatic N) is 4. The Bertz CT molecular complexity index is 1010. The third kappa shape index (κ3) is 5.54. The van der Waals surface area contributed by atoms with Crippen molar-refractivity contribution in [2.45, 2.75) is 40.5 Å². The molecule has 0 radical (unpaired) electrons. The van der Waals surface area contributed by atoms with Gasteiger partial charge in [0.15, 0.2) is 0 Å². The second-order valence-electron chi connectivity index (χ2n) is 8.20. The molecular formula is C24H30N4O2S. The number of piperazine rings is 1. The van der Waals surface area contributed by atoms with Gasteiger partial charge in [-0.1, -0.05) is 6.07 Å². The Morgan fingerprint density at radius 3 is 2.48 bits per heavy atom. The SMILES string of the molecule is CCn1cc(CN2CCN(C(=O)c3cc(COc4cc(C)cc(C)c4)cs3)CC2)cn1. The molecule has 0 bridgehead atoms. The van der Waals surface area contributed by atoms with Crippen molar-refractivity contribution >= 4 is 17.2 Å². The zero-order valence-corrected chi connectivity index (χ0v) is 19.3. The third-order valence-electron chi connectivity index (χ3n) is 5.54. The minimum Gasteiger partial charge on any atom is -0.489 e. The van der Waals surface area contributed by atoms with E-state index in [9.17, 15) is 4.79 Å². The van der Waals surface area contributed by atoms with E-state index in [4.69, 9.17) is 4.74 Å². The van der Waals surface area contributed by atoms with E-state index < -0.39 is 0 Å². The van der Waals surface area contributed by atoms with Crippen LogP contribution in [-0.2, 0) is 19.7 Å². The van der Waals surface area contributed by atoms with Gasteiger partial charge in [-0.15, -0.1) is 11.3 Å². The van der Waals surface area contributed by atoms with Gasteiger partial charge in [0.25, 0.3) is 5.91 Å². The monoisotopic (exact) mass is 438 g/mol. The van der Waals surface area contributed by atoms with Crippen molar-refractivity contribution in [1.29, 1.82) is 0 Å². The lowest BCUT2D eigenvalue weighted by atomic mass is 10.1. The molecule has 0 N–H and O–H groups in total. The van der Waals surface area contributed by atoms with Crippen LogP contribution in [0.4, 0.5) is 0 Å². The third-order valence-corrected chi connectivity index (χ3v) is 6.51. The zero-order chi connectivity index (χ0) is 21.8. The quantitative estimate of drug-likeness (QED) is 0.557. The lowest BCUT2D eigenvalue weighted by molar-refractivity contribution is 0.0633. The summed E-state index contributed by atoms with van der Waals surface area (Å²) in [5.41, 5.74) is 4.65. The summed E-state index contributed by atoms with van der Waals surface area (Å²) < 4.78 is 7.89. The van der Waals surface area contributed by atoms with E-state index in [-0.39, 0.29) is 5.91 Å². The van der Waals surface area contributed by atoms with Crippen molar-refractivity contribution in [2.24, 2.45) is 0 Å². The average molecular weight is 439 g/mol. The van der Waals surface area contributed by atoms with Crippen LogP contribution in [-0.4, -0.2) is 51.7 Å². The molecule has 31 heavy (non-hydrogen) atoms. The number of amides is 1. The van der Waals surface area contributed by atoms with Crippen molar-refractivity contribution in [1.82, 2.24) is 19.6 Å². The molecule has 1 aromatic carbocycles. The summed E-state index contributed by atoms with van der Waals surface area (Å²) in [6, 6.07) is 8.18. The van der Waals surface area contributed by atoms with Gasteiger partial charge >= 0.3 is 0 Å². The van der Waals surface area contributed by atoms with Gasteiger partial charge in [-0.25, -0.2) is 0 Å². The number of ether oxygens (including phenoxy) is 1. The maximum Gasteiger partial charge on any atom is 0.264 e. The number of thiophene rings is 1. The van der Waals surface area contributed by atoms with Crippen LogP contribution in [0, 0.1) is 13.8 Å². The highest BCUT2D eigenvalue weighted by Crippen LogP contribution is 2.22. The van der Waals surface area contributed by atoms with Gasteiger partial charge in [-0.2, -0.15) is 5.10 Å². The summed E-state index contributed by atoms with van der Waals surface area (Å²) in [5, 5.41) is 6.37. The summed E-state index contributed by atoms with van der Waals surface area (Å²) in [7, 11) is 0. The van der Waals surface area contributed by atoms with Crippen LogP contribution in [0.5, 0.6) is 5.75 Å². The van der Waals surface area contributed by atoms with Crippen molar-refractivity contribution < 1.29 is 9.53 Å². The maximum atomic E-state index is 12.9. The fourth-order valence-electron chi connectivity index (χ4n) is 3.93. The second-order valence-corrected chi connectivity index (χ2v) is 9.12. The van der Waals surface area contributed by atoms with E-state index >= 15 is 0 Å². The molecule has 0 atom stereocenters. The minimum absolute atomic E-state index is 0.126. The van der Waals surface area contributed by atoms with Crippen LogP contribution in [0.2, 0.25) is 0 Å². The smallest absolute Gasteiger partial charge is 0.264 e. The van der Waals surface area contributed by atoms with Crippen LogP contribution in [0.15, 0.2) is 42.0 Å². The predicted octanol–water partition coefficient (Wildman–Crippen LogP) is 4.12. The minimum atomic E-state index is 0.126. The molecule has 3 aromatic rings. The van der Waals surface area contributed by atoms with Crippen molar-refractivity contribution in [3.05, 3.63) is 69.2 Å². The van der Waals surface area contributed by atoms with Crippen molar-refractivity contribution in [2.75, 3.05) is 26.2 Å². The van der Waals surface area contributed by atoms with E-state index in [0.717, 1.165) is 55.5 Å². The Balaban J connectivity index is 1.27. The van der Waals surface area contributed by atoms with Crippen LogP contribution < -0.4 is 4.74 Å². The predicted molar refractivity (Wildman–Crippen MR) is 124 cm³/mol. The van der Waals surface area contributed by atoms with Crippen LogP contribution in [0.25, 0.3) is 0 Å². The van der Waals surface area contributed by atoms with E-state index in [2.05, 4.69) is 43.0 Å². The first kappa shape index (κ1) is 21.6. The van der Waals surface area contributed by atoms with E-state index in [1.54, 1.807) is 0 Å². The van der Waals surface area contributed by atoms with Gasteiger partial charge in [-0.05, 0) is 55.5 Å². The van der Waals surface area contributed by atoms with Crippen LogP contribution >= 0.6 is 11.3 Å². The standard InChI is InChI=1S/C24H30N4O2S/c1-4-28-15-21(13-25-28)14-26-5-7-27(8-6-26)24(29)23-12-20(17-31-23)16-30-22-10-18(2)9-19(3)11-22/h9-13,15,17H,4-8,14,16H2,1-3H3. The Morgan fingerprint density at radius 1 is 1.06 bits per heavy atom. The van der Waals surface area contributed by atoms with Crippen LogP contribution in [0.3, 0.4) is 0 Å². The summed E-state index contributed by atoms with van der Waals surface area (Å²) in [4.78, 5) is 18.1. The molecule has 4 rings (SSSR count). The molecule has 1 saturated heterocycles. The maximum absolute atomic E-state index is 12.9. The van der Waals surface area contributed by atoms with Crippen LogP contribution in [0.1, 0.15) is 38.8 Å². The zero-order valence-electron chi connectivity index (χ0n) is 18.5. The number of carbonyl (C=O) groups excluding carboxylic acids is 1. The molecule has 2 aromatic heterocycles. The van der Waals surface area contributed by atoms with E-state index in [1.165, 1.54) is 28.0 Å².